The molecule has 0 aliphatic heterocycles. The van der Waals surface area contributed by atoms with Gasteiger partial charge in [0.15, 0.2) is 0 Å². The first-order chi connectivity index (χ1) is 17.8. The molecule has 0 saturated heterocycles. The van der Waals surface area contributed by atoms with E-state index in [1.165, 1.54) is 6.08 Å². The number of nitrogens with zero attached hydrogens (tertiary/aromatic N) is 3. The lowest BCUT2D eigenvalue weighted by atomic mass is 10.2. The van der Waals surface area contributed by atoms with Crippen molar-refractivity contribution in [1.29, 1.82) is 0 Å². The lowest BCUT2D eigenvalue weighted by Gasteiger charge is -2.10. The Morgan fingerprint density at radius 2 is 1.86 bits per heavy atom. The average Bonchev–Trinajstić information content (AvgIpc) is 2.87. The summed E-state index contributed by atoms with van der Waals surface area (Å²) in [5, 5.41) is 11.6. The van der Waals surface area contributed by atoms with Crippen molar-refractivity contribution in [3.8, 4) is 11.8 Å². The highest BCUT2D eigenvalue weighted by molar-refractivity contribution is 5.93. The molecule has 0 aliphatic rings. The number of nitrogens with two attached hydrogens (primary N) is 1. The standard InChI is InChI=1S/C26H34N8O3/c1-4-14-29-25-20(17-31-26(33-25)32-21-12-10-19(11-13-21)24(27)37)8-5-6-15-28-23(36)18-30-22(35)9-7-16-34(2)3/h7,9-13,17H,4,6,14-16,18H2,1-3H3,(H2,27,37)(H,28,36)(H,30,35)(H2,29,31,32,33)/b9-7+. The van der Waals surface area contributed by atoms with Crippen LogP contribution < -0.4 is 27.0 Å². The molecule has 1 aromatic carbocycles. The lowest BCUT2D eigenvalue weighted by molar-refractivity contribution is -0.123. The summed E-state index contributed by atoms with van der Waals surface area (Å²) < 4.78 is 0. The van der Waals surface area contributed by atoms with Crippen molar-refractivity contribution in [2.24, 2.45) is 5.73 Å². The number of hydrogen-bond donors (Lipinski definition) is 5. The lowest BCUT2D eigenvalue weighted by Crippen LogP contribution is -2.36. The molecule has 0 bridgehead atoms. The van der Waals surface area contributed by atoms with E-state index < -0.39 is 5.91 Å². The fraction of sp³-hybridized carbons (Fsp3) is 0.346. The van der Waals surface area contributed by atoms with Crippen LogP contribution in [-0.4, -0.2) is 72.9 Å². The van der Waals surface area contributed by atoms with Crippen molar-refractivity contribution >= 4 is 35.2 Å². The quantitative estimate of drug-likeness (QED) is 0.154. The normalized spacial score (nSPS) is 10.5. The summed E-state index contributed by atoms with van der Waals surface area (Å²) in [6.45, 7) is 3.65. The smallest absolute Gasteiger partial charge is 0.248 e. The molecule has 0 spiro atoms. The third-order valence-electron chi connectivity index (χ3n) is 4.71. The SMILES string of the molecule is CCCNc1nc(Nc2ccc(C(N)=O)cc2)ncc1C#CCCNC(=O)CNC(=O)/C=C/CN(C)C. The third-order valence-corrected chi connectivity index (χ3v) is 4.71. The third kappa shape index (κ3) is 11.2. The number of carbonyl (C=O) groups is 3. The zero-order valence-corrected chi connectivity index (χ0v) is 21.4. The van der Waals surface area contributed by atoms with Crippen LogP contribution in [0.1, 0.15) is 35.7 Å². The van der Waals surface area contributed by atoms with Gasteiger partial charge in [0.1, 0.15) is 5.82 Å². The number of nitrogens with one attached hydrogen (secondary N) is 4. The van der Waals surface area contributed by atoms with Gasteiger partial charge < -0.3 is 31.9 Å². The number of rotatable bonds is 13. The van der Waals surface area contributed by atoms with Crippen LogP contribution in [0.5, 0.6) is 0 Å². The van der Waals surface area contributed by atoms with Crippen molar-refractivity contribution in [2.45, 2.75) is 19.8 Å². The van der Waals surface area contributed by atoms with E-state index in [9.17, 15) is 14.4 Å². The molecule has 3 amide bonds. The van der Waals surface area contributed by atoms with E-state index in [4.69, 9.17) is 5.73 Å². The molecule has 6 N–H and O–H groups in total. The van der Waals surface area contributed by atoms with Crippen LogP contribution in [-0.2, 0) is 9.59 Å². The molecule has 2 aromatic rings. The van der Waals surface area contributed by atoms with Gasteiger partial charge in [0.05, 0.1) is 18.3 Å². The van der Waals surface area contributed by atoms with Crippen molar-refractivity contribution in [3.05, 3.63) is 53.7 Å². The van der Waals surface area contributed by atoms with E-state index in [1.54, 1.807) is 36.5 Å². The Morgan fingerprint density at radius 1 is 1.11 bits per heavy atom. The van der Waals surface area contributed by atoms with Crippen LogP contribution in [0.4, 0.5) is 17.5 Å². The molecule has 0 atom stereocenters. The van der Waals surface area contributed by atoms with E-state index in [1.807, 2.05) is 25.9 Å². The second-order valence-electron chi connectivity index (χ2n) is 8.23. The van der Waals surface area contributed by atoms with Crippen LogP contribution in [0.3, 0.4) is 0 Å². The first-order valence-electron chi connectivity index (χ1n) is 11.9. The minimum atomic E-state index is -0.494. The molecule has 11 heteroatoms. The fourth-order valence-corrected chi connectivity index (χ4v) is 2.84. The number of hydrogen-bond acceptors (Lipinski definition) is 8. The number of carbonyl (C=O) groups excluding carboxylic acids is 3. The van der Waals surface area contributed by atoms with Crippen LogP contribution in [0.15, 0.2) is 42.6 Å². The van der Waals surface area contributed by atoms with E-state index in [2.05, 4.69) is 43.1 Å². The number of aromatic nitrogens is 2. The predicted molar refractivity (Wildman–Crippen MR) is 144 cm³/mol. The van der Waals surface area contributed by atoms with Gasteiger partial charge in [-0.2, -0.15) is 4.98 Å². The summed E-state index contributed by atoms with van der Waals surface area (Å²) in [6.07, 6.45) is 6.08. The van der Waals surface area contributed by atoms with Gasteiger partial charge in [0, 0.05) is 43.4 Å². The highest BCUT2D eigenvalue weighted by atomic mass is 16.2. The summed E-state index contributed by atoms with van der Waals surface area (Å²) in [4.78, 5) is 45.6. The Bertz CT molecular complexity index is 1150. The monoisotopic (exact) mass is 506 g/mol. The zero-order valence-electron chi connectivity index (χ0n) is 21.4. The van der Waals surface area contributed by atoms with E-state index in [0.717, 1.165) is 6.42 Å². The number of likely N-dealkylation sites (N-methyl/N-ethyl adjacent to an activating group) is 1. The van der Waals surface area contributed by atoms with Gasteiger partial charge in [-0.3, -0.25) is 14.4 Å². The fourth-order valence-electron chi connectivity index (χ4n) is 2.84. The number of anilines is 3. The van der Waals surface area contributed by atoms with Gasteiger partial charge in [-0.05, 0) is 44.8 Å². The van der Waals surface area contributed by atoms with Crippen molar-refractivity contribution < 1.29 is 14.4 Å². The largest absolute Gasteiger partial charge is 0.369 e. The van der Waals surface area contributed by atoms with E-state index in [0.29, 0.717) is 54.6 Å². The molecule has 0 aliphatic carbocycles. The predicted octanol–water partition coefficient (Wildman–Crippen LogP) is 1.23. The topological polar surface area (TPSA) is 154 Å². The molecule has 37 heavy (non-hydrogen) atoms. The molecular formula is C26H34N8O3. The van der Waals surface area contributed by atoms with Gasteiger partial charge in [-0.1, -0.05) is 24.8 Å². The van der Waals surface area contributed by atoms with E-state index >= 15 is 0 Å². The number of amides is 3. The minimum Gasteiger partial charge on any atom is -0.369 e. The molecule has 2 rings (SSSR count). The highest BCUT2D eigenvalue weighted by Crippen LogP contribution is 2.18. The van der Waals surface area contributed by atoms with Crippen LogP contribution in [0, 0.1) is 11.8 Å². The Labute approximate surface area is 217 Å². The maximum absolute atomic E-state index is 11.9. The Kier molecular flexibility index (Phi) is 12.1. The molecule has 11 nitrogen and oxygen atoms in total. The number of benzene rings is 1. The Morgan fingerprint density at radius 3 is 2.54 bits per heavy atom. The summed E-state index contributed by atoms with van der Waals surface area (Å²) in [7, 11) is 3.80. The van der Waals surface area contributed by atoms with Crippen LogP contribution >= 0.6 is 0 Å². The molecular weight excluding hydrogens is 472 g/mol. The van der Waals surface area contributed by atoms with Gasteiger partial charge >= 0.3 is 0 Å². The van der Waals surface area contributed by atoms with Crippen LogP contribution in [0.25, 0.3) is 0 Å². The van der Waals surface area contributed by atoms with Gasteiger partial charge in [-0.25, -0.2) is 4.98 Å². The molecule has 1 aromatic heterocycles. The molecule has 0 saturated carbocycles. The average molecular weight is 507 g/mol. The second kappa shape index (κ2) is 15.5. The second-order valence-corrected chi connectivity index (χ2v) is 8.23. The first kappa shape index (κ1) is 28.8. The summed E-state index contributed by atoms with van der Waals surface area (Å²) >= 11 is 0. The molecule has 1 heterocycles. The van der Waals surface area contributed by atoms with Gasteiger partial charge in [0.2, 0.25) is 23.7 Å². The minimum absolute atomic E-state index is 0.1000. The number of primary amides is 1. The highest BCUT2D eigenvalue weighted by Gasteiger charge is 2.07. The summed E-state index contributed by atoms with van der Waals surface area (Å²) in [5.41, 5.74) is 7.03. The maximum Gasteiger partial charge on any atom is 0.248 e. The molecule has 0 fully saturated rings. The molecule has 196 valence electrons. The van der Waals surface area contributed by atoms with Crippen LogP contribution in [0.2, 0.25) is 0 Å². The molecule has 0 unspecified atom stereocenters. The van der Waals surface area contributed by atoms with Gasteiger partial charge in [-0.15, -0.1) is 0 Å². The maximum atomic E-state index is 11.9. The Hall–Kier alpha value is -4.43. The van der Waals surface area contributed by atoms with Crippen molar-refractivity contribution in [1.82, 2.24) is 25.5 Å². The van der Waals surface area contributed by atoms with Crippen molar-refractivity contribution in [3.63, 3.8) is 0 Å². The summed E-state index contributed by atoms with van der Waals surface area (Å²) in [5.74, 6) is 5.92. The Balaban J connectivity index is 1.88. The first-order valence-corrected chi connectivity index (χ1v) is 11.9. The molecule has 0 radical (unpaired) electrons. The van der Waals surface area contributed by atoms with Gasteiger partial charge in [0.25, 0.3) is 0 Å². The summed E-state index contributed by atoms with van der Waals surface area (Å²) in [6, 6.07) is 6.68. The van der Waals surface area contributed by atoms with E-state index in [-0.39, 0.29) is 18.4 Å². The van der Waals surface area contributed by atoms with Crippen molar-refractivity contribution in [2.75, 3.05) is 50.9 Å². The zero-order chi connectivity index (χ0) is 27.0.